The Morgan fingerprint density at radius 3 is 2.05 bits per heavy atom. The summed E-state index contributed by atoms with van der Waals surface area (Å²) in [4.78, 5) is 0. The number of hydrogen-bond donors (Lipinski definition) is 2. The van der Waals surface area contributed by atoms with E-state index in [4.69, 9.17) is 0 Å². The van der Waals surface area contributed by atoms with Crippen LogP contribution in [0, 0.1) is 11.6 Å². The minimum Gasteiger partial charge on any atom is -0.395 e. The summed E-state index contributed by atoms with van der Waals surface area (Å²) in [6.45, 7) is -0.670. The smallest absolute Gasteiger partial charge is 0.123 e. The van der Waals surface area contributed by atoms with Crippen LogP contribution >= 0.6 is 15.9 Å². The van der Waals surface area contributed by atoms with Crippen molar-refractivity contribution in [2.45, 2.75) is 11.8 Å². The highest BCUT2D eigenvalue weighted by molar-refractivity contribution is 9.10. The van der Waals surface area contributed by atoms with E-state index in [2.05, 4.69) is 15.9 Å². The summed E-state index contributed by atoms with van der Waals surface area (Å²) in [6, 6.07) is 9.85. The van der Waals surface area contributed by atoms with Gasteiger partial charge in [0, 0.05) is 9.89 Å². The second-order valence-electron chi connectivity index (χ2n) is 5.02. The fourth-order valence-corrected chi connectivity index (χ4v) is 2.68. The first-order valence-corrected chi connectivity index (χ1v) is 7.22. The summed E-state index contributed by atoms with van der Waals surface area (Å²) in [5.74, 6) is -0.785. The summed E-state index contributed by atoms with van der Waals surface area (Å²) in [6.07, 6.45) is 0.226. The van der Waals surface area contributed by atoms with Gasteiger partial charge in [-0.05, 0) is 47.9 Å². The minimum absolute atomic E-state index is 0.226. The average molecular weight is 357 g/mol. The number of benzene rings is 2. The summed E-state index contributed by atoms with van der Waals surface area (Å²) in [5, 5.41) is 19.5. The molecule has 0 atom stereocenters. The Balaban J connectivity index is 2.42. The largest absolute Gasteiger partial charge is 0.395 e. The second-order valence-corrected chi connectivity index (χ2v) is 5.87. The lowest BCUT2D eigenvalue weighted by molar-refractivity contribution is 0.116. The zero-order chi connectivity index (χ0) is 15.5. The first-order chi connectivity index (χ1) is 10.0. The van der Waals surface area contributed by atoms with E-state index in [1.807, 2.05) is 0 Å². The Labute approximate surface area is 130 Å². The van der Waals surface area contributed by atoms with Crippen molar-refractivity contribution in [2.75, 3.05) is 13.2 Å². The SMILES string of the molecule is OCC(CO)(Cc1cc(F)ccc1Br)c1ccc(F)cc1. The van der Waals surface area contributed by atoms with Crippen molar-refractivity contribution in [3.05, 3.63) is 69.7 Å². The summed E-state index contributed by atoms with van der Waals surface area (Å²) in [7, 11) is 0. The quantitative estimate of drug-likeness (QED) is 0.863. The van der Waals surface area contributed by atoms with Gasteiger partial charge in [-0.25, -0.2) is 8.78 Å². The maximum atomic E-state index is 13.4. The van der Waals surface area contributed by atoms with Crippen LogP contribution in [-0.4, -0.2) is 23.4 Å². The summed E-state index contributed by atoms with van der Waals surface area (Å²) < 4.78 is 27.1. The molecule has 21 heavy (non-hydrogen) atoms. The van der Waals surface area contributed by atoms with Crippen LogP contribution in [0.2, 0.25) is 0 Å². The lowest BCUT2D eigenvalue weighted by Gasteiger charge is -2.31. The van der Waals surface area contributed by atoms with Crippen LogP contribution in [0.5, 0.6) is 0 Å². The molecule has 0 aliphatic heterocycles. The Morgan fingerprint density at radius 1 is 0.905 bits per heavy atom. The van der Waals surface area contributed by atoms with E-state index in [0.717, 1.165) is 0 Å². The summed E-state index contributed by atoms with van der Waals surface area (Å²) in [5.41, 5.74) is 0.233. The van der Waals surface area contributed by atoms with Gasteiger partial charge in [-0.1, -0.05) is 28.1 Å². The predicted molar refractivity (Wildman–Crippen MR) is 80.1 cm³/mol. The number of aliphatic hydroxyl groups is 2. The monoisotopic (exact) mass is 356 g/mol. The third-order valence-corrected chi connectivity index (χ3v) is 4.37. The normalized spacial score (nSPS) is 11.7. The molecule has 112 valence electrons. The Hall–Kier alpha value is -1.30. The Kier molecular flexibility index (Phi) is 5.08. The number of aliphatic hydroxyl groups excluding tert-OH is 2. The second kappa shape index (κ2) is 6.64. The van der Waals surface area contributed by atoms with Gasteiger partial charge in [0.2, 0.25) is 0 Å². The van der Waals surface area contributed by atoms with Gasteiger partial charge in [-0.3, -0.25) is 0 Å². The molecule has 2 nitrogen and oxygen atoms in total. The van der Waals surface area contributed by atoms with Crippen molar-refractivity contribution in [1.29, 1.82) is 0 Å². The van der Waals surface area contributed by atoms with E-state index in [1.165, 1.54) is 36.4 Å². The molecule has 0 saturated heterocycles. The molecule has 0 amide bonds. The van der Waals surface area contributed by atoms with E-state index in [-0.39, 0.29) is 19.6 Å². The topological polar surface area (TPSA) is 40.5 Å². The van der Waals surface area contributed by atoms with Gasteiger partial charge in [-0.2, -0.15) is 0 Å². The molecular weight excluding hydrogens is 342 g/mol. The fourth-order valence-electron chi connectivity index (χ4n) is 2.29. The first kappa shape index (κ1) is 16.1. The minimum atomic E-state index is -0.996. The highest BCUT2D eigenvalue weighted by Gasteiger charge is 2.32. The average Bonchev–Trinajstić information content (AvgIpc) is 2.49. The van der Waals surface area contributed by atoms with Gasteiger partial charge < -0.3 is 10.2 Å². The molecule has 0 radical (unpaired) electrons. The van der Waals surface area contributed by atoms with Gasteiger partial charge in [0.25, 0.3) is 0 Å². The molecule has 0 fully saturated rings. The zero-order valence-electron chi connectivity index (χ0n) is 11.2. The summed E-state index contributed by atoms with van der Waals surface area (Å²) >= 11 is 3.34. The van der Waals surface area contributed by atoms with Crippen molar-refractivity contribution in [3.63, 3.8) is 0 Å². The standard InChI is InChI=1S/C16H15BrF2O2/c17-15-6-5-14(19)7-11(15)8-16(9-20,10-21)12-1-3-13(18)4-2-12/h1-7,20-21H,8-10H2. The third kappa shape index (κ3) is 3.48. The lowest BCUT2D eigenvalue weighted by Crippen LogP contribution is -2.37. The molecule has 0 bridgehead atoms. The van der Waals surface area contributed by atoms with Gasteiger partial charge in [-0.15, -0.1) is 0 Å². The van der Waals surface area contributed by atoms with Crippen molar-refractivity contribution in [1.82, 2.24) is 0 Å². The van der Waals surface area contributed by atoms with Crippen LogP contribution in [0.4, 0.5) is 8.78 Å². The molecule has 0 heterocycles. The van der Waals surface area contributed by atoms with Crippen LogP contribution in [0.3, 0.4) is 0 Å². The number of rotatable bonds is 5. The molecule has 0 aromatic heterocycles. The molecule has 0 aliphatic rings. The fraction of sp³-hybridized carbons (Fsp3) is 0.250. The van der Waals surface area contributed by atoms with Crippen LogP contribution in [0.1, 0.15) is 11.1 Å². The van der Waals surface area contributed by atoms with Gasteiger partial charge in [0.05, 0.1) is 13.2 Å². The van der Waals surface area contributed by atoms with Gasteiger partial charge in [0.15, 0.2) is 0 Å². The van der Waals surface area contributed by atoms with E-state index < -0.39 is 17.0 Å². The molecular formula is C16H15BrF2O2. The van der Waals surface area contributed by atoms with E-state index in [1.54, 1.807) is 6.07 Å². The van der Waals surface area contributed by atoms with Crippen LogP contribution < -0.4 is 0 Å². The van der Waals surface area contributed by atoms with Crippen LogP contribution in [-0.2, 0) is 11.8 Å². The maximum absolute atomic E-state index is 13.4. The van der Waals surface area contributed by atoms with Crippen molar-refractivity contribution >= 4 is 15.9 Å². The van der Waals surface area contributed by atoms with E-state index >= 15 is 0 Å². The van der Waals surface area contributed by atoms with E-state index in [0.29, 0.717) is 15.6 Å². The van der Waals surface area contributed by atoms with Gasteiger partial charge >= 0.3 is 0 Å². The highest BCUT2D eigenvalue weighted by atomic mass is 79.9. The third-order valence-electron chi connectivity index (χ3n) is 3.60. The van der Waals surface area contributed by atoms with Crippen LogP contribution in [0.25, 0.3) is 0 Å². The molecule has 2 N–H and O–H groups in total. The molecule has 0 spiro atoms. The van der Waals surface area contributed by atoms with Crippen LogP contribution in [0.15, 0.2) is 46.9 Å². The van der Waals surface area contributed by atoms with Crippen molar-refractivity contribution in [3.8, 4) is 0 Å². The number of hydrogen-bond acceptors (Lipinski definition) is 2. The number of halogens is 3. The van der Waals surface area contributed by atoms with Crippen molar-refractivity contribution < 1.29 is 19.0 Å². The maximum Gasteiger partial charge on any atom is 0.123 e. The Bertz CT molecular complexity index is 610. The van der Waals surface area contributed by atoms with Gasteiger partial charge in [0.1, 0.15) is 11.6 Å². The molecule has 2 aromatic carbocycles. The zero-order valence-corrected chi connectivity index (χ0v) is 12.8. The first-order valence-electron chi connectivity index (χ1n) is 6.42. The highest BCUT2D eigenvalue weighted by Crippen LogP contribution is 2.31. The lowest BCUT2D eigenvalue weighted by atomic mass is 9.77. The van der Waals surface area contributed by atoms with Crippen molar-refractivity contribution in [2.24, 2.45) is 0 Å². The molecule has 0 unspecified atom stereocenters. The Morgan fingerprint density at radius 2 is 1.48 bits per heavy atom. The molecule has 0 aliphatic carbocycles. The molecule has 2 aromatic rings. The van der Waals surface area contributed by atoms with E-state index in [9.17, 15) is 19.0 Å². The predicted octanol–water partition coefficient (Wildman–Crippen LogP) is 3.19. The molecule has 2 rings (SSSR count). The molecule has 0 saturated carbocycles. The molecule has 5 heteroatoms.